The molecule has 0 aliphatic heterocycles. The van der Waals surface area contributed by atoms with Gasteiger partial charge >= 0.3 is 17.1 Å². The first kappa shape index (κ1) is 18.3. The lowest BCUT2D eigenvalue weighted by Gasteiger charge is -2.43. The molecule has 0 radical (unpaired) electrons. The van der Waals surface area contributed by atoms with Gasteiger partial charge in [0.25, 0.3) is 0 Å². The molecule has 126 valence electrons. The van der Waals surface area contributed by atoms with Crippen LogP contribution in [-0.4, -0.2) is 65.5 Å². The number of rotatable bonds is 8. The van der Waals surface area contributed by atoms with Gasteiger partial charge in [-0.15, -0.1) is 0 Å². The molecule has 1 aromatic heterocycles. The van der Waals surface area contributed by atoms with Crippen molar-refractivity contribution in [3.63, 3.8) is 0 Å². The third kappa shape index (κ3) is 3.18. The van der Waals surface area contributed by atoms with Gasteiger partial charge in [-0.2, -0.15) is 0 Å². The highest BCUT2D eigenvalue weighted by Gasteiger charge is 2.51. The molecular formula is C11H19N3O8. The molecule has 0 aromatic carbocycles. The molecule has 22 heavy (non-hydrogen) atoms. The number of aliphatic hydroxyl groups excluding tert-OH is 3. The highest BCUT2D eigenvalue weighted by atomic mass is 16.4. The van der Waals surface area contributed by atoms with Crippen LogP contribution in [-0.2, 0) is 5.72 Å². The third-order valence-corrected chi connectivity index (χ3v) is 3.47. The molecule has 0 fully saturated rings. The van der Waals surface area contributed by atoms with Crippen LogP contribution in [0, 0.1) is 0 Å². The number of nitrogens with zero attached hydrogens (tertiary/aromatic N) is 1. The Bertz CT molecular complexity index is 622. The minimum Gasteiger partial charge on any atom is -0.396 e. The second kappa shape index (κ2) is 6.98. The maximum atomic E-state index is 11.8. The minimum atomic E-state index is -2.65. The summed E-state index contributed by atoms with van der Waals surface area (Å²) >= 11 is 0. The van der Waals surface area contributed by atoms with Crippen LogP contribution in [0.4, 0.5) is 0 Å². The predicted octanol–water partition coefficient (Wildman–Crippen LogP) is -4.25. The quantitative estimate of drug-likeness (QED) is 0.250. The van der Waals surface area contributed by atoms with Gasteiger partial charge in [0.05, 0.1) is 0 Å². The van der Waals surface area contributed by atoms with Gasteiger partial charge in [-0.05, 0) is 0 Å². The first-order valence-electron chi connectivity index (χ1n) is 6.49. The summed E-state index contributed by atoms with van der Waals surface area (Å²) in [5.74, 6) is 0. The Hall–Kier alpha value is -1.79. The summed E-state index contributed by atoms with van der Waals surface area (Å²) in [4.78, 5) is 38.2. The molecule has 0 spiro atoms. The molecule has 1 atom stereocenters. The molecule has 11 heteroatoms. The van der Waals surface area contributed by atoms with Crippen molar-refractivity contribution < 1.29 is 25.5 Å². The first-order chi connectivity index (χ1) is 10.3. The van der Waals surface area contributed by atoms with Crippen LogP contribution in [0.1, 0.15) is 19.3 Å². The van der Waals surface area contributed by atoms with Gasteiger partial charge in [-0.25, -0.2) is 19.0 Å². The third-order valence-electron chi connectivity index (χ3n) is 3.47. The van der Waals surface area contributed by atoms with Gasteiger partial charge in [-0.1, -0.05) is 0 Å². The van der Waals surface area contributed by atoms with Crippen molar-refractivity contribution in [2.45, 2.75) is 30.6 Å². The molecule has 0 saturated heterocycles. The number of aromatic amines is 2. The summed E-state index contributed by atoms with van der Waals surface area (Å²) in [6.07, 6.45) is -1.64. The zero-order chi connectivity index (χ0) is 17.0. The van der Waals surface area contributed by atoms with Crippen LogP contribution in [0.15, 0.2) is 14.4 Å². The highest BCUT2D eigenvalue weighted by molar-refractivity contribution is 4.97. The molecule has 11 nitrogen and oxygen atoms in total. The van der Waals surface area contributed by atoms with Crippen molar-refractivity contribution >= 4 is 0 Å². The largest absolute Gasteiger partial charge is 0.396 e. The lowest BCUT2D eigenvalue weighted by molar-refractivity contribution is -0.227. The Morgan fingerprint density at radius 3 is 1.59 bits per heavy atom. The normalized spacial score (nSPS) is 14.8. The second-order valence-electron chi connectivity index (χ2n) is 4.79. The van der Waals surface area contributed by atoms with E-state index in [1.54, 1.807) is 9.97 Å². The van der Waals surface area contributed by atoms with Gasteiger partial charge in [0.1, 0.15) is 5.60 Å². The summed E-state index contributed by atoms with van der Waals surface area (Å²) < 4.78 is 0.149. The number of aliphatic hydroxyl groups is 5. The smallest absolute Gasteiger partial charge is 0.336 e. The molecule has 1 unspecified atom stereocenters. The predicted molar refractivity (Wildman–Crippen MR) is 72.2 cm³/mol. The van der Waals surface area contributed by atoms with E-state index in [2.05, 4.69) is 0 Å². The van der Waals surface area contributed by atoms with Gasteiger partial charge in [0.15, 0.2) is 5.72 Å². The maximum absolute atomic E-state index is 11.8. The standard InChI is InChI=1S/C11H19N3O8/c15-4-1-10(21,2-5-16)11(22,3-6-17)14-8(19)12-7(18)13-9(14)20/h15-17,21-22H,1-6H2,(H2,12,13,18,19,20). The van der Waals surface area contributed by atoms with E-state index in [1.165, 1.54) is 0 Å². The zero-order valence-corrected chi connectivity index (χ0v) is 11.7. The van der Waals surface area contributed by atoms with Crippen LogP contribution in [0.25, 0.3) is 0 Å². The summed E-state index contributed by atoms with van der Waals surface area (Å²) in [5, 5.41) is 48.4. The lowest BCUT2D eigenvalue weighted by Crippen LogP contribution is -2.65. The Morgan fingerprint density at radius 2 is 1.23 bits per heavy atom. The fourth-order valence-corrected chi connectivity index (χ4v) is 2.37. The molecule has 7 N–H and O–H groups in total. The van der Waals surface area contributed by atoms with Crippen LogP contribution in [0.5, 0.6) is 0 Å². The molecule has 0 bridgehead atoms. The van der Waals surface area contributed by atoms with Gasteiger partial charge in [0, 0.05) is 39.1 Å². The summed E-state index contributed by atoms with van der Waals surface area (Å²) in [7, 11) is 0. The number of aromatic nitrogens is 3. The Labute approximate surface area is 123 Å². The van der Waals surface area contributed by atoms with Crippen LogP contribution in [0.2, 0.25) is 0 Å². The number of H-pyrrole nitrogens is 2. The first-order valence-corrected chi connectivity index (χ1v) is 6.49. The maximum Gasteiger partial charge on any atom is 0.336 e. The van der Waals surface area contributed by atoms with Crippen LogP contribution >= 0.6 is 0 Å². The average Bonchev–Trinajstić information content (AvgIpc) is 2.38. The van der Waals surface area contributed by atoms with Crippen molar-refractivity contribution in [3.05, 3.63) is 31.5 Å². The van der Waals surface area contributed by atoms with Gasteiger partial charge in [-0.3, -0.25) is 9.97 Å². The lowest BCUT2D eigenvalue weighted by atomic mass is 9.82. The van der Waals surface area contributed by atoms with E-state index in [0.717, 1.165) is 0 Å². The van der Waals surface area contributed by atoms with E-state index < -0.39 is 67.5 Å². The molecule has 0 aliphatic rings. The monoisotopic (exact) mass is 321 g/mol. The Morgan fingerprint density at radius 1 is 0.818 bits per heavy atom. The summed E-state index contributed by atoms with van der Waals surface area (Å²) in [6.45, 7) is -1.97. The molecule has 1 rings (SSSR count). The molecule has 1 heterocycles. The van der Waals surface area contributed by atoms with Crippen molar-refractivity contribution in [2.24, 2.45) is 0 Å². The topological polar surface area (TPSA) is 189 Å². The molecule has 1 aromatic rings. The number of hydrogen-bond acceptors (Lipinski definition) is 8. The Kier molecular flexibility index (Phi) is 5.79. The van der Waals surface area contributed by atoms with E-state index in [9.17, 15) is 24.6 Å². The Balaban J connectivity index is 3.66. The summed E-state index contributed by atoms with van der Waals surface area (Å²) in [5.41, 5.74) is -8.67. The minimum absolute atomic E-state index is 0.149. The van der Waals surface area contributed by atoms with Crippen molar-refractivity contribution in [2.75, 3.05) is 19.8 Å². The SMILES string of the molecule is O=c1[nH]c(=O)n(C(O)(CCO)C(O)(CCO)CCO)c(=O)[nH]1. The van der Waals surface area contributed by atoms with E-state index in [4.69, 9.17) is 15.3 Å². The van der Waals surface area contributed by atoms with E-state index in [1.807, 2.05) is 0 Å². The number of hydrogen-bond donors (Lipinski definition) is 7. The van der Waals surface area contributed by atoms with Crippen LogP contribution < -0.4 is 17.1 Å². The van der Waals surface area contributed by atoms with Gasteiger partial charge in [0.2, 0.25) is 0 Å². The zero-order valence-electron chi connectivity index (χ0n) is 11.7. The second-order valence-corrected chi connectivity index (χ2v) is 4.79. The average molecular weight is 321 g/mol. The van der Waals surface area contributed by atoms with Crippen molar-refractivity contribution in [3.8, 4) is 0 Å². The fourth-order valence-electron chi connectivity index (χ4n) is 2.37. The number of nitrogens with one attached hydrogen (secondary N) is 2. The molecular weight excluding hydrogens is 302 g/mol. The van der Waals surface area contributed by atoms with E-state index >= 15 is 0 Å². The van der Waals surface area contributed by atoms with Crippen molar-refractivity contribution in [1.29, 1.82) is 0 Å². The highest BCUT2D eigenvalue weighted by Crippen LogP contribution is 2.34. The van der Waals surface area contributed by atoms with E-state index in [0.29, 0.717) is 0 Å². The van der Waals surface area contributed by atoms with Crippen molar-refractivity contribution in [1.82, 2.24) is 14.5 Å². The van der Waals surface area contributed by atoms with Crippen LogP contribution in [0.3, 0.4) is 0 Å². The summed E-state index contributed by atoms with van der Waals surface area (Å²) in [6, 6.07) is 0. The van der Waals surface area contributed by atoms with E-state index in [-0.39, 0.29) is 4.57 Å². The molecule has 0 saturated carbocycles. The van der Waals surface area contributed by atoms with Gasteiger partial charge < -0.3 is 25.5 Å². The molecule has 0 aliphatic carbocycles. The molecule has 0 amide bonds. The fraction of sp³-hybridized carbons (Fsp3) is 0.727.